The SMILES string of the molecule is Br.Cc1ccc(-c2csc(C)n2)c(C)c1. The molecule has 0 radical (unpaired) electrons. The zero-order chi connectivity index (χ0) is 10.1. The van der Waals surface area contributed by atoms with E-state index in [-0.39, 0.29) is 17.0 Å². The Hall–Kier alpha value is -0.670. The summed E-state index contributed by atoms with van der Waals surface area (Å²) in [5, 5.41) is 3.24. The van der Waals surface area contributed by atoms with Crippen molar-refractivity contribution >= 4 is 28.3 Å². The second-order valence-electron chi connectivity index (χ2n) is 3.57. The summed E-state index contributed by atoms with van der Waals surface area (Å²) >= 11 is 1.70. The third-order valence-corrected chi connectivity index (χ3v) is 3.05. The number of nitrogens with zero attached hydrogens (tertiary/aromatic N) is 1. The zero-order valence-electron chi connectivity index (χ0n) is 9.07. The van der Waals surface area contributed by atoms with E-state index in [0.29, 0.717) is 0 Å². The minimum Gasteiger partial charge on any atom is -0.242 e. The van der Waals surface area contributed by atoms with Crippen molar-refractivity contribution in [2.75, 3.05) is 0 Å². The summed E-state index contributed by atoms with van der Waals surface area (Å²) in [6, 6.07) is 6.49. The Kier molecular flexibility index (Phi) is 4.05. The molecule has 0 fully saturated rings. The Balaban J connectivity index is 0.00000112. The van der Waals surface area contributed by atoms with Gasteiger partial charge in [-0.3, -0.25) is 0 Å². The van der Waals surface area contributed by atoms with Gasteiger partial charge in [0.1, 0.15) is 0 Å². The van der Waals surface area contributed by atoms with Gasteiger partial charge in [-0.25, -0.2) is 4.98 Å². The Bertz CT molecular complexity index is 462. The van der Waals surface area contributed by atoms with E-state index >= 15 is 0 Å². The molecular formula is C12H14BrNS. The van der Waals surface area contributed by atoms with Gasteiger partial charge in [0.05, 0.1) is 10.7 Å². The molecule has 0 N–H and O–H groups in total. The number of hydrogen-bond acceptors (Lipinski definition) is 2. The van der Waals surface area contributed by atoms with Crippen LogP contribution in [0.4, 0.5) is 0 Å². The maximum atomic E-state index is 4.49. The second-order valence-corrected chi connectivity index (χ2v) is 4.63. The average Bonchev–Trinajstić information content (AvgIpc) is 2.51. The highest BCUT2D eigenvalue weighted by molar-refractivity contribution is 8.93. The first kappa shape index (κ1) is 12.4. The molecule has 1 nitrogen and oxygen atoms in total. The van der Waals surface area contributed by atoms with Gasteiger partial charge in [-0.1, -0.05) is 23.8 Å². The first-order valence-electron chi connectivity index (χ1n) is 4.66. The molecule has 0 saturated carbocycles. The summed E-state index contributed by atoms with van der Waals surface area (Å²) in [4.78, 5) is 4.49. The third-order valence-electron chi connectivity index (χ3n) is 2.28. The van der Waals surface area contributed by atoms with E-state index < -0.39 is 0 Å². The number of halogens is 1. The molecule has 2 rings (SSSR count). The fraction of sp³-hybridized carbons (Fsp3) is 0.250. The van der Waals surface area contributed by atoms with Gasteiger partial charge < -0.3 is 0 Å². The lowest BCUT2D eigenvalue weighted by atomic mass is 10.0. The van der Waals surface area contributed by atoms with Gasteiger partial charge in [0.15, 0.2) is 0 Å². The van der Waals surface area contributed by atoms with Gasteiger partial charge in [-0.15, -0.1) is 28.3 Å². The van der Waals surface area contributed by atoms with Crippen LogP contribution in [0.15, 0.2) is 23.6 Å². The van der Waals surface area contributed by atoms with Crippen LogP contribution in [0.25, 0.3) is 11.3 Å². The van der Waals surface area contributed by atoms with Crippen LogP contribution in [0, 0.1) is 20.8 Å². The molecule has 2 aromatic rings. The molecule has 0 aliphatic heterocycles. The summed E-state index contributed by atoms with van der Waals surface area (Å²) in [6.07, 6.45) is 0. The quantitative estimate of drug-likeness (QED) is 0.760. The number of hydrogen-bond donors (Lipinski definition) is 0. The minimum atomic E-state index is 0. The smallest absolute Gasteiger partial charge is 0.0901 e. The van der Waals surface area contributed by atoms with Gasteiger partial charge in [0, 0.05) is 10.9 Å². The Morgan fingerprint density at radius 2 is 1.87 bits per heavy atom. The summed E-state index contributed by atoms with van der Waals surface area (Å²) < 4.78 is 0. The Morgan fingerprint density at radius 3 is 2.40 bits per heavy atom. The van der Waals surface area contributed by atoms with E-state index in [1.165, 1.54) is 16.7 Å². The van der Waals surface area contributed by atoms with Crippen LogP contribution in [0.1, 0.15) is 16.1 Å². The lowest BCUT2D eigenvalue weighted by Gasteiger charge is -2.03. The highest BCUT2D eigenvalue weighted by Crippen LogP contribution is 2.25. The maximum absolute atomic E-state index is 4.49. The van der Waals surface area contributed by atoms with Crippen LogP contribution < -0.4 is 0 Å². The predicted molar refractivity (Wildman–Crippen MR) is 72.1 cm³/mol. The topological polar surface area (TPSA) is 12.9 Å². The van der Waals surface area contributed by atoms with Gasteiger partial charge in [-0.2, -0.15) is 0 Å². The van der Waals surface area contributed by atoms with Crippen molar-refractivity contribution in [2.45, 2.75) is 20.8 Å². The standard InChI is InChI=1S/C12H13NS.BrH/c1-8-4-5-11(9(2)6-8)12-7-14-10(3)13-12;/h4-7H,1-3H3;1H. The van der Waals surface area contributed by atoms with E-state index in [1.54, 1.807) is 11.3 Å². The molecule has 3 heteroatoms. The van der Waals surface area contributed by atoms with Crippen LogP contribution in [0.3, 0.4) is 0 Å². The number of aromatic nitrogens is 1. The molecular weight excluding hydrogens is 270 g/mol. The lowest BCUT2D eigenvalue weighted by molar-refractivity contribution is 1.28. The number of benzene rings is 1. The summed E-state index contributed by atoms with van der Waals surface area (Å²) in [5.41, 5.74) is 4.96. The molecule has 0 aliphatic rings. The molecule has 0 amide bonds. The predicted octanol–water partition coefficient (Wildman–Crippen LogP) is 4.31. The summed E-state index contributed by atoms with van der Waals surface area (Å²) in [6.45, 7) is 6.29. The van der Waals surface area contributed by atoms with Gasteiger partial charge in [-0.05, 0) is 26.3 Å². The molecule has 80 valence electrons. The largest absolute Gasteiger partial charge is 0.242 e. The highest BCUT2D eigenvalue weighted by atomic mass is 79.9. The van der Waals surface area contributed by atoms with Gasteiger partial charge >= 0.3 is 0 Å². The molecule has 0 aliphatic carbocycles. The van der Waals surface area contributed by atoms with Crippen molar-refractivity contribution in [3.8, 4) is 11.3 Å². The van der Waals surface area contributed by atoms with Crippen LogP contribution in [0.5, 0.6) is 0 Å². The van der Waals surface area contributed by atoms with E-state index in [4.69, 9.17) is 0 Å². The molecule has 0 saturated heterocycles. The minimum absolute atomic E-state index is 0. The van der Waals surface area contributed by atoms with Crippen molar-refractivity contribution in [3.63, 3.8) is 0 Å². The Morgan fingerprint density at radius 1 is 1.13 bits per heavy atom. The van der Waals surface area contributed by atoms with E-state index in [0.717, 1.165) is 10.7 Å². The zero-order valence-corrected chi connectivity index (χ0v) is 11.6. The van der Waals surface area contributed by atoms with Crippen LogP contribution in [-0.4, -0.2) is 4.98 Å². The Labute approximate surface area is 105 Å². The maximum Gasteiger partial charge on any atom is 0.0901 e. The van der Waals surface area contributed by atoms with Crippen molar-refractivity contribution in [1.82, 2.24) is 4.98 Å². The first-order valence-corrected chi connectivity index (χ1v) is 5.54. The van der Waals surface area contributed by atoms with Crippen molar-refractivity contribution in [1.29, 1.82) is 0 Å². The van der Waals surface area contributed by atoms with E-state index in [2.05, 4.69) is 42.4 Å². The number of aryl methyl sites for hydroxylation is 3. The summed E-state index contributed by atoms with van der Waals surface area (Å²) in [7, 11) is 0. The molecule has 1 heterocycles. The number of thiazole rings is 1. The van der Waals surface area contributed by atoms with Gasteiger partial charge in [0.25, 0.3) is 0 Å². The van der Waals surface area contributed by atoms with Crippen molar-refractivity contribution in [2.24, 2.45) is 0 Å². The molecule has 0 unspecified atom stereocenters. The number of rotatable bonds is 1. The molecule has 15 heavy (non-hydrogen) atoms. The molecule has 0 bridgehead atoms. The van der Waals surface area contributed by atoms with Crippen molar-refractivity contribution < 1.29 is 0 Å². The first-order chi connectivity index (χ1) is 6.66. The van der Waals surface area contributed by atoms with Crippen LogP contribution in [0.2, 0.25) is 0 Å². The molecule has 0 atom stereocenters. The summed E-state index contributed by atoms with van der Waals surface area (Å²) in [5.74, 6) is 0. The van der Waals surface area contributed by atoms with Crippen LogP contribution in [-0.2, 0) is 0 Å². The van der Waals surface area contributed by atoms with E-state index in [1.807, 2.05) is 6.92 Å². The lowest BCUT2D eigenvalue weighted by Crippen LogP contribution is -1.84. The fourth-order valence-electron chi connectivity index (χ4n) is 1.59. The molecule has 1 aromatic carbocycles. The van der Waals surface area contributed by atoms with Crippen molar-refractivity contribution in [3.05, 3.63) is 39.7 Å². The monoisotopic (exact) mass is 283 g/mol. The van der Waals surface area contributed by atoms with Crippen LogP contribution >= 0.6 is 28.3 Å². The van der Waals surface area contributed by atoms with E-state index in [9.17, 15) is 0 Å². The van der Waals surface area contributed by atoms with Gasteiger partial charge in [0.2, 0.25) is 0 Å². The normalized spacial score (nSPS) is 9.80. The molecule has 1 aromatic heterocycles. The second kappa shape index (κ2) is 4.90. The third kappa shape index (κ3) is 2.67. The highest BCUT2D eigenvalue weighted by Gasteiger charge is 2.04. The molecule has 0 spiro atoms. The fourth-order valence-corrected chi connectivity index (χ4v) is 2.20. The average molecular weight is 284 g/mol.